The van der Waals surface area contributed by atoms with Crippen LogP contribution in [0, 0.1) is 0 Å². The molecule has 19 heavy (non-hydrogen) atoms. The molecule has 0 saturated heterocycles. The predicted molar refractivity (Wildman–Crippen MR) is 72.6 cm³/mol. The number of pyridine rings is 1. The molecule has 0 radical (unpaired) electrons. The summed E-state index contributed by atoms with van der Waals surface area (Å²) in [5, 5.41) is 0. The smallest absolute Gasteiger partial charge is 0.323 e. The van der Waals surface area contributed by atoms with Gasteiger partial charge in [0, 0.05) is 6.20 Å². The molecule has 2 N–H and O–H groups in total. The van der Waals surface area contributed by atoms with Crippen molar-refractivity contribution < 1.29 is 18.6 Å². The van der Waals surface area contributed by atoms with Gasteiger partial charge < -0.3 is 15.0 Å². The van der Waals surface area contributed by atoms with Crippen molar-refractivity contribution in [2.24, 2.45) is 5.73 Å². The molecular formula is C12H19N2O4P. The monoisotopic (exact) mass is 286 g/mol. The molecule has 6 nitrogen and oxygen atoms in total. The van der Waals surface area contributed by atoms with Gasteiger partial charge in [0.15, 0.2) is 0 Å². The zero-order valence-electron chi connectivity index (χ0n) is 11.1. The van der Waals surface area contributed by atoms with Crippen LogP contribution in [0.5, 0.6) is 0 Å². The average molecular weight is 286 g/mol. The summed E-state index contributed by atoms with van der Waals surface area (Å²) in [6, 6.07) is 4.04. The second kappa shape index (κ2) is 7.38. The van der Waals surface area contributed by atoms with Gasteiger partial charge in [0.2, 0.25) is 0 Å². The number of rotatable bonds is 7. The highest BCUT2D eigenvalue weighted by molar-refractivity contribution is 7.66. The highest BCUT2D eigenvalue weighted by atomic mass is 31.2. The van der Waals surface area contributed by atoms with E-state index < -0.39 is 19.4 Å². The Labute approximate surface area is 112 Å². The SMILES string of the molecule is CCOC(=O)C(N)CP(=O)(OCC)c1ccccn1. The molecule has 7 heteroatoms. The Balaban J connectivity index is 2.89. The van der Waals surface area contributed by atoms with Gasteiger partial charge in [-0.1, -0.05) is 6.07 Å². The number of hydrogen-bond acceptors (Lipinski definition) is 6. The number of carbonyl (C=O) groups excluding carboxylic acids is 1. The van der Waals surface area contributed by atoms with Gasteiger partial charge in [-0.2, -0.15) is 0 Å². The van der Waals surface area contributed by atoms with E-state index in [4.69, 9.17) is 15.0 Å². The molecule has 1 aromatic heterocycles. The first-order valence-corrected chi connectivity index (χ1v) is 7.92. The molecule has 1 aromatic rings. The van der Waals surface area contributed by atoms with E-state index in [1.807, 2.05) is 0 Å². The van der Waals surface area contributed by atoms with Gasteiger partial charge in [-0.05, 0) is 26.0 Å². The lowest BCUT2D eigenvalue weighted by Gasteiger charge is -2.20. The van der Waals surface area contributed by atoms with E-state index in [9.17, 15) is 9.36 Å². The lowest BCUT2D eigenvalue weighted by molar-refractivity contribution is -0.144. The predicted octanol–water partition coefficient (Wildman–Crippen LogP) is 0.912. The van der Waals surface area contributed by atoms with Crippen molar-refractivity contribution in [3.05, 3.63) is 24.4 Å². The Morgan fingerprint density at radius 3 is 2.68 bits per heavy atom. The maximum absolute atomic E-state index is 12.8. The minimum Gasteiger partial charge on any atom is -0.465 e. The van der Waals surface area contributed by atoms with Crippen LogP contribution < -0.4 is 11.2 Å². The van der Waals surface area contributed by atoms with Crippen LogP contribution in [-0.4, -0.2) is 36.4 Å². The molecule has 2 unspecified atom stereocenters. The van der Waals surface area contributed by atoms with Crippen molar-refractivity contribution in [1.82, 2.24) is 4.98 Å². The van der Waals surface area contributed by atoms with E-state index in [2.05, 4.69) is 4.98 Å². The average Bonchev–Trinajstić information content (AvgIpc) is 2.40. The van der Waals surface area contributed by atoms with Crippen molar-refractivity contribution in [3.63, 3.8) is 0 Å². The molecular weight excluding hydrogens is 267 g/mol. The van der Waals surface area contributed by atoms with Crippen LogP contribution in [0.2, 0.25) is 0 Å². The maximum atomic E-state index is 12.8. The summed E-state index contributed by atoms with van der Waals surface area (Å²) in [6.45, 7) is 3.90. The van der Waals surface area contributed by atoms with Gasteiger partial charge in [0.05, 0.1) is 19.4 Å². The molecule has 0 saturated carbocycles. The lowest BCUT2D eigenvalue weighted by atomic mass is 10.4. The molecule has 0 aliphatic heterocycles. The summed E-state index contributed by atoms with van der Waals surface area (Å²) < 4.78 is 22.9. The molecule has 0 bridgehead atoms. The topological polar surface area (TPSA) is 91.5 Å². The van der Waals surface area contributed by atoms with Gasteiger partial charge in [-0.3, -0.25) is 14.3 Å². The van der Waals surface area contributed by atoms with Gasteiger partial charge >= 0.3 is 5.97 Å². The van der Waals surface area contributed by atoms with Crippen LogP contribution in [0.3, 0.4) is 0 Å². The van der Waals surface area contributed by atoms with Gasteiger partial charge in [0.25, 0.3) is 7.37 Å². The van der Waals surface area contributed by atoms with Crippen molar-refractivity contribution in [3.8, 4) is 0 Å². The van der Waals surface area contributed by atoms with Crippen LogP contribution >= 0.6 is 7.37 Å². The molecule has 0 aromatic carbocycles. The molecule has 0 aliphatic rings. The normalized spacial score (nSPS) is 15.5. The zero-order valence-corrected chi connectivity index (χ0v) is 12.0. The fourth-order valence-electron chi connectivity index (χ4n) is 1.56. The van der Waals surface area contributed by atoms with Gasteiger partial charge in [-0.25, -0.2) is 0 Å². The lowest BCUT2D eigenvalue weighted by Crippen LogP contribution is -2.37. The second-order valence-corrected chi connectivity index (χ2v) is 6.25. The van der Waals surface area contributed by atoms with Crippen LogP contribution in [0.1, 0.15) is 13.8 Å². The molecule has 0 fully saturated rings. The Bertz CT molecular complexity index is 452. The molecule has 106 valence electrons. The highest BCUT2D eigenvalue weighted by Crippen LogP contribution is 2.45. The van der Waals surface area contributed by atoms with E-state index in [1.165, 1.54) is 6.20 Å². The van der Waals surface area contributed by atoms with Crippen LogP contribution in [-0.2, 0) is 18.6 Å². The van der Waals surface area contributed by atoms with Gasteiger partial charge in [0.1, 0.15) is 11.5 Å². The Hall–Kier alpha value is -1.23. The Morgan fingerprint density at radius 1 is 1.42 bits per heavy atom. The third-order valence-corrected chi connectivity index (χ3v) is 4.87. The van der Waals surface area contributed by atoms with Crippen LogP contribution in [0.4, 0.5) is 0 Å². The number of nitrogens with two attached hydrogens (primary N) is 1. The highest BCUT2D eigenvalue weighted by Gasteiger charge is 2.32. The van der Waals surface area contributed by atoms with E-state index in [0.717, 1.165) is 0 Å². The first-order chi connectivity index (χ1) is 9.03. The molecule has 2 atom stereocenters. The number of nitrogens with zero attached hydrogens (tertiary/aromatic N) is 1. The molecule has 0 aliphatic carbocycles. The van der Waals surface area contributed by atoms with Crippen molar-refractivity contribution in [2.45, 2.75) is 19.9 Å². The van der Waals surface area contributed by atoms with E-state index in [-0.39, 0.29) is 19.4 Å². The summed E-state index contributed by atoms with van der Waals surface area (Å²) in [7, 11) is -3.24. The van der Waals surface area contributed by atoms with E-state index in [0.29, 0.717) is 5.44 Å². The summed E-state index contributed by atoms with van der Waals surface area (Å²) >= 11 is 0. The Morgan fingerprint density at radius 2 is 2.16 bits per heavy atom. The van der Waals surface area contributed by atoms with E-state index in [1.54, 1.807) is 32.0 Å². The standard InChI is InChI=1S/C12H19N2O4P/c1-3-17-12(15)10(13)9-19(16,18-4-2)11-7-5-6-8-14-11/h5-8,10H,3-4,9,13H2,1-2H3. The molecule has 0 amide bonds. The van der Waals surface area contributed by atoms with Gasteiger partial charge in [-0.15, -0.1) is 0 Å². The van der Waals surface area contributed by atoms with E-state index >= 15 is 0 Å². The fourth-order valence-corrected chi connectivity index (χ4v) is 3.62. The van der Waals surface area contributed by atoms with Crippen LogP contribution in [0.15, 0.2) is 24.4 Å². The molecule has 1 heterocycles. The second-order valence-electron chi connectivity index (χ2n) is 3.82. The summed E-state index contributed by atoms with van der Waals surface area (Å²) in [4.78, 5) is 15.5. The minimum absolute atomic E-state index is 0.114. The quantitative estimate of drug-likeness (QED) is 0.592. The number of aromatic nitrogens is 1. The zero-order chi connectivity index (χ0) is 14.3. The summed E-state index contributed by atoms with van der Waals surface area (Å²) in [5.41, 5.74) is 6.02. The summed E-state index contributed by atoms with van der Waals surface area (Å²) in [6.07, 6.45) is 1.41. The van der Waals surface area contributed by atoms with Crippen molar-refractivity contribution >= 4 is 18.8 Å². The third kappa shape index (κ3) is 4.42. The third-order valence-electron chi connectivity index (χ3n) is 2.36. The fraction of sp³-hybridized carbons (Fsp3) is 0.500. The van der Waals surface area contributed by atoms with Crippen LogP contribution in [0.25, 0.3) is 0 Å². The minimum atomic E-state index is -3.24. The first kappa shape index (κ1) is 15.8. The summed E-state index contributed by atoms with van der Waals surface area (Å²) in [5.74, 6) is -0.585. The Kier molecular flexibility index (Phi) is 6.15. The van der Waals surface area contributed by atoms with Crippen molar-refractivity contribution in [1.29, 1.82) is 0 Å². The largest absolute Gasteiger partial charge is 0.465 e. The number of carbonyl (C=O) groups is 1. The number of ether oxygens (including phenoxy) is 1. The molecule has 1 rings (SSSR count). The number of esters is 1. The molecule has 0 spiro atoms. The first-order valence-electron chi connectivity index (χ1n) is 6.11. The maximum Gasteiger partial charge on any atom is 0.323 e. The number of hydrogen-bond donors (Lipinski definition) is 1. The van der Waals surface area contributed by atoms with Crippen molar-refractivity contribution in [2.75, 3.05) is 19.4 Å².